The van der Waals surface area contributed by atoms with E-state index in [1.54, 1.807) is 0 Å². The first-order valence-corrected chi connectivity index (χ1v) is 9.92. The molecule has 2 heterocycles. The highest BCUT2D eigenvalue weighted by Gasteiger charge is 2.21. The molecule has 2 aromatic carbocycles. The predicted molar refractivity (Wildman–Crippen MR) is 107 cm³/mol. The Labute approximate surface area is 160 Å². The van der Waals surface area contributed by atoms with Crippen LogP contribution in [-0.4, -0.2) is 36.2 Å². The Morgan fingerprint density at radius 3 is 2.59 bits per heavy atom. The highest BCUT2D eigenvalue weighted by molar-refractivity contribution is 5.99. The molecular formula is C23H26N2O2. The summed E-state index contributed by atoms with van der Waals surface area (Å²) in [7, 11) is 0. The Hall–Kier alpha value is -2.46. The van der Waals surface area contributed by atoms with E-state index in [-0.39, 0.29) is 11.7 Å². The summed E-state index contributed by atoms with van der Waals surface area (Å²) in [6.07, 6.45) is 4.10. The minimum Gasteiger partial charge on any atom is -0.326 e. The van der Waals surface area contributed by atoms with E-state index in [2.05, 4.69) is 40.5 Å². The van der Waals surface area contributed by atoms with Crippen LogP contribution < -0.4 is 5.32 Å². The monoisotopic (exact) mass is 362 g/mol. The maximum absolute atomic E-state index is 12.6. The third-order valence-corrected chi connectivity index (χ3v) is 5.84. The van der Waals surface area contributed by atoms with Crippen LogP contribution in [0.25, 0.3) is 0 Å². The summed E-state index contributed by atoms with van der Waals surface area (Å²) < 4.78 is 0. The summed E-state index contributed by atoms with van der Waals surface area (Å²) >= 11 is 0. The number of amides is 1. The van der Waals surface area contributed by atoms with Gasteiger partial charge in [-0.2, -0.15) is 0 Å². The van der Waals surface area contributed by atoms with E-state index < -0.39 is 0 Å². The molecule has 0 spiro atoms. The van der Waals surface area contributed by atoms with Crippen LogP contribution >= 0.6 is 0 Å². The molecule has 0 aliphatic carbocycles. The summed E-state index contributed by atoms with van der Waals surface area (Å²) in [5, 5.41) is 2.87. The summed E-state index contributed by atoms with van der Waals surface area (Å²) in [5.41, 5.74) is 4.13. The first kappa shape index (κ1) is 17.9. The Morgan fingerprint density at radius 1 is 1.04 bits per heavy atom. The van der Waals surface area contributed by atoms with E-state index in [1.807, 2.05) is 18.2 Å². The van der Waals surface area contributed by atoms with Crippen LogP contribution in [0.2, 0.25) is 0 Å². The molecule has 1 saturated heterocycles. The van der Waals surface area contributed by atoms with Gasteiger partial charge in [-0.15, -0.1) is 0 Å². The first-order valence-electron chi connectivity index (χ1n) is 9.92. The highest BCUT2D eigenvalue weighted by Crippen LogP contribution is 2.28. The molecule has 1 amide bonds. The SMILES string of the molecule is O=C1CCc2cc(C(=O)CCN3CCC(c4ccccc4)CC3)ccc2N1. The first-order chi connectivity index (χ1) is 13.2. The topological polar surface area (TPSA) is 49.4 Å². The van der Waals surface area contributed by atoms with Gasteiger partial charge >= 0.3 is 0 Å². The van der Waals surface area contributed by atoms with Gasteiger partial charge in [0.2, 0.25) is 5.91 Å². The van der Waals surface area contributed by atoms with E-state index in [9.17, 15) is 9.59 Å². The van der Waals surface area contributed by atoms with Crippen LogP contribution in [0.15, 0.2) is 48.5 Å². The molecule has 1 fully saturated rings. The molecule has 140 valence electrons. The number of nitrogens with zero attached hydrogens (tertiary/aromatic N) is 1. The second kappa shape index (κ2) is 8.05. The van der Waals surface area contributed by atoms with Crippen molar-refractivity contribution in [2.75, 3.05) is 25.0 Å². The fraction of sp³-hybridized carbons (Fsp3) is 0.391. The van der Waals surface area contributed by atoms with Crippen LogP contribution in [0.3, 0.4) is 0 Å². The van der Waals surface area contributed by atoms with Crippen LogP contribution in [0.4, 0.5) is 5.69 Å². The molecule has 0 bridgehead atoms. The number of carbonyl (C=O) groups is 2. The van der Waals surface area contributed by atoms with Gasteiger partial charge in [0.15, 0.2) is 5.78 Å². The number of piperidine rings is 1. The van der Waals surface area contributed by atoms with Gasteiger partial charge in [0.05, 0.1) is 0 Å². The number of likely N-dealkylation sites (tertiary alicyclic amines) is 1. The Bertz CT molecular complexity index is 824. The van der Waals surface area contributed by atoms with Crippen molar-refractivity contribution < 1.29 is 9.59 Å². The lowest BCUT2D eigenvalue weighted by Crippen LogP contribution is -2.34. The molecule has 1 N–H and O–H groups in total. The van der Waals surface area contributed by atoms with Gasteiger partial charge in [0.25, 0.3) is 0 Å². The Balaban J connectivity index is 1.28. The number of hydrogen-bond donors (Lipinski definition) is 1. The Morgan fingerprint density at radius 2 is 1.81 bits per heavy atom. The number of rotatable bonds is 5. The molecule has 0 saturated carbocycles. The largest absolute Gasteiger partial charge is 0.326 e. The van der Waals surface area contributed by atoms with Crippen molar-refractivity contribution >= 4 is 17.4 Å². The lowest BCUT2D eigenvalue weighted by Gasteiger charge is -2.32. The molecule has 0 atom stereocenters. The summed E-state index contributed by atoms with van der Waals surface area (Å²) in [4.78, 5) is 26.5. The third kappa shape index (κ3) is 4.28. The van der Waals surface area contributed by atoms with Crippen LogP contribution in [0.5, 0.6) is 0 Å². The highest BCUT2D eigenvalue weighted by atomic mass is 16.1. The van der Waals surface area contributed by atoms with E-state index in [1.165, 1.54) is 5.56 Å². The molecule has 4 heteroatoms. The number of aryl methyl sites for hydroxylation is 1. The molecule has 4 nitrogen and oxygen atoms in total. The summed E-state index contributed by atoms with van der Waals surface area (Å²) in [6.45, 7) is 2.94. The number of nitrogens with one attached hydrogen (secondary N) is 1. The number of benzene rings is 2. The second-order valence-electron chi connectivity index (χ2n) is 7.62. The minimum atomic E-state index is 0.0560. The molecule has 2 aliphatic heterocycles. The second-order valence-corrected chi connectivity index (χ2v) is 7.62. The average molecular weight is 362 g/mol. The number of hydrogen-bond acceptors (Lipinski definition) is 3. The quantitative estimate of drug-likeness (QED) is 0.817. The van der Waals surface area contributed by atoms with Gasteiger partial charge in [-0.05, 0) is 67.6 Å². The van der Waals surface area contributed by atoms with Gasteiger partial charge in [0.1, 0.15) is 0 Å². The van der Waals surface area contributed by atoms with Gasteiger partial charge < -0.3 is 10.2 Å². The Kier molecular flexibility index (Phi) is 5.35. The van der Waals surface area contributed by atoms with E-state index >= 15 is 0 Å². The number of carbonyl (C=O) groups excluding carboxylic acids is 2. The molecule has 4 rings (SSSR count). The lowest BCUT2D eigenvalue weighted by molar-refractivity contribution is -0.116. The number of Topliss-reactive ketones (excluding diaryl/α,β-unsaturated/α-hetero) is 1. The number of fused-ring (bicyclic) bond motifs is 1. The van der Waals surface area contributed by atoms with Crippen molar-refractivity contribution in [1.29, 1.82) is 0 Å². The van der Waals surface area contributed by atoms with Gasteiger partial charge in [-0.1, -0.05) is 30.3 Å². The zero-order valence-electron chi connectivity index (χ0n) is 15.6. The zero-order chi connectivity index (χ0) is 18.6. The van der Waals surface area contributed by atoms with Crippen LogP contribution in [-0.2, 0) is 11.2 Å². The predicted octanol–water partition coefficient (Wildman–Crippen LogP) is 4.02. The summed E-state index contributed by atoms with van der Waals surface area (Å²) in [5.74, 6) is 0.898. The van der Waals surface area contributed by atoms with Gasteiger partial charge in [-0.3, -0.25) is 9.59 Å². The minimum absolute atomic E-state index is 0.0560. The van der Waals surface area contributed by atoms with Crippen LogP contribution in [0, 0.1) is 0 Å². The van der Waals surface area contributed by atoms with Crippen molar-refractivity contribution in [3.8, 4) is 0 Å². The summed E-state index contributed by atoms with van der Waals surface area (Å²) in [6, 6.07) is 16.4. The van der Waals surface area contributed by atoms with Gasteiger partial charge in [-0.25, -0.2) is 0 Å². The fourth-order valence-electron chi connectivity index (χ4n) is 4.18. The zero-order valence-corrected chi connectivity index (χ0v) is 15.6. The van der Waals surface area contributed by atoms with Gasteiger partial charge in [0, 0.05) is 30.6 Å². The molecule has 27 heavy (non-hydrogen) atoms. The molecular weight excluding hydrogens is 336 g/mol. The maximum atomic E-state index is 12.6. The van der Waals surface area contributed by atoms with Crippen LogP contribution in [0.1, 0.15) is 53.1 Å². The van der Waals surface area contributed by atoms with Crippen molar-refractivity contribution in [3.05, 3.63) is 65.2 Å². The van der Waals surface area contributed by atoms with Crippen molar-refractivity contribution in [1.82, 2.24) is 4.90 Å². The van der Waals surface area contributed by atoms with E-state index in [0.29, 0.717) is 18.8 Å². The molecule has 2 aliphatic rings. The van der Waals surface area contributed by atoms with E-state index in [0.717, 1.165) is 55.7 Å². The van der Waals surface area contributed by atoms with Crippen molar-refractivity contribution in [2.24, 2.45) is 0 Å². The average Bonchev–Trinajstić information content (AvgIpc) is 2.72. The molecule has 2 aromatic rings. The maximum Gasteiger partial charge on any atom is 0.224 e. The van der Waals surface area contributed by atoms with Crippen molar-refractivity contribution in [2.45, 2.75) is 38.0 Å². The number of ketones is 1. The standard InChI is InChI=1S/C23H26N2O2/c26-22(20-6-8-21-19(16-20)7-9-23(27)24-21)12-15-25-13-10-18(11-14-25)17-4-2-1-3-5-17/h1-6,8,16,18H,7,9-15H2,(H,24,27). The lowest BCUT2D eigenvalue weighted by atomic mass is 9.89. The molecule has 0 unspecified atom stereocenters. The number of anilines is 1. The van der Waals surface area contributed by atoms with Crippen molar-refractivity contribution in [3.63, 3.8) is 0 Å². The smallest absolute Gasteiger partial charge is 0.224 e. The normalized spacial score (nSPS) is 18.0. The van der Waals surface area contributed by atoms with E-state index in [4.69, 9.17) is 0 Å². The fourth-order valence-corrected chi connectivity index (χ4v) is 4.18. The third-order valence-electron chi connectivity index (χ3n) is 5.84. The molecule has 0 aromatic heterocycles. The molecule has 0 radical (unpaired) electrons.